The monoisotopic (exact) mass is 483 g/mol. The average Bonchev–Trinajstić information content (AvgIpc) is 3.25. The number of nitrogens with one attached hydrogen (secondary N) is 2. The van der Waals surface area contributed by atoms with Crippen molar-refractivity contribution in [1.82, 2.24) is 15.5 Å². The van der Waals surface area contributed by atoms with Gasteiger partial charge >= 0.3 is 0 Å². The van der Waals surface area contributed by atoms with Crippen molar-refractivity contribution >= 4 is 5.91 Å². The second kappa shape index (κ2) is 14.1. The Kier molecular flexibility index (Phi) is 10.8. The number of ether oxygens (including phenoxy) is 2. The third-order valence-corrected chi connectivity index (χ3v) is 6.41. The lowest BCUT2D eigenvalue weighted by Crippen LogP contribution is -2.31. The van der Waals surface area contributed by atoms with Crippen LogP contribution in [0.4, 0.5) is 0 Å². The van der Waals surface area contributed by atoms with E-state index in [0.717, 1.165) is 85.7 Å². The maximum absolute atomic E-state index is 10.9. The summed E-state index contributed by atoms with van der Waals surface area (Å²) in [4.78, 5) is 13.2. The summed E-state index contributed by atoms with van der Waals surface area (Å²) in [5, 5.41) is 15.8. The number of aliphatic hydroxyl groups excluding tert-OH is 1. The Morgan fingerprint density at radius 1 is 0.971 bits per heavy atom. The molecular weight excluding hydrogens is 442 g/mol. The van der Waals surface area contributed by atoms with Crippen LogP contribution in [0.15, 0.2) is 36.4 Å². The normalized spacial score (nSPS) is 15.8. The van der Waals surface area contributed by atoms with Crippen LogP contribution in [0.5, 0.6) is 11.5 Å². The summed E-state index contributed by atoms with van der Waals surface area (Å²) in [6, 6.07) is 12.4. The van der Waals surface area contributed by atoms with Crippen molar-refractivity contribution in [3.05, 3.63) is 47.5 Å². The van der Waals surface area contributed by atoms with Gasteiger partial charge in [0.25, 0.3) is 0 Å². The van der Waals surface area contributed by atoms with Crippen molar-refractivity contribution < 1.29 is 19.4 Å². The number of carbonyl (C=O) groups excluding carboxylic acids is 1. The maximum Gasteiger partial charge on any atom is 0.216 e. The molecule has 2 aromatic rings. The lowest BCUT2D eigenvalue weighted by molar-refractivity contribution is -0.118. The van der Waals surface area contributed by atoms with E-state index in [1.807, 2.05) is 24.3 Å². The van der Waals surface area contributed by atoms with Gasteiger partial charge in [-0.05, 0) is 74.0 Å². The number of amides is 1. The number of β-amino-alcohol motifs (C(OH)–C–C–N with tert-alkyl or cyclic N) is 1. The molecule has 35 heavy (non-hydrogen) atoms. The lowest BCUT2D eigenvalue weighted by atomic mass is 9.95. The van der Waals surface area contributed by atoms with Crippen molar-refractivity contribution in [1.29, 1.82) is 0 Å². The van der Waals surface area contributed by atoms with E-state index in [9.17, 15) is 9.90 Å². The predicted octanol–water partition coefficient (Wildman–Crippen LogP) is 3.30. The molecule has 1 aliphatic rings. The van der Waals surface area contributed by atoms with Crippen molar-refractivity contribution in [3.63, 3.8) is 0 Å². The number of nitrogens with zero attached hydrogens (tertiary/aromatic N) is 1. The molecule has 1 aliphatic heterocycles. The molecule has 0 aliphatic carbocycles. The molecule has 1 atom stereocenters. The standard InChI is InChI=1S/C28H41N3O4/c1-21-25(8-4-10-27(21)34-18-6-13-29-14-15-30-23(3)32)26-9-5-11-28(22(26)2)35-19-7-16-31-17-12-24(33)20-31/h4-5,8-11,24,29,33H,6-7,12-20H2,1-3H3,(H,30,32)/t24-/m1/s1. The molecule has 0 unspecified atom stereocenters. The first kappa shape index (κ1) is 27.0. The van der Waals surface area contributed by atoms with E-state index in [0.29, 0.717) is 19.8 Å². The molecule has 0 bridgehead atoms. The van der Waals surface area contributed by atoms with Crippen molar-refractivity contribution in [2.75, 3.05) is 52.5 Å². The molecule has 0 spiro atoms. The molecule has 0 saturated carbocycles. The van der Waals surface area contributed by atoms with E-state index < -0.39 is 0 Å². The smallest absolute Gasteiger partial charge is 0.216 e. The van der Waals surface area contributed by atoms with Crippen LogP contribution in [0.1, 0.15) is 37.3 Å². The number of aliphatic hydroxyl groups is 1. The Labute approximate surface area is 209 Å². The Morgan fingerprint density at radius 3 is 2.17 bits per heavy atom. The molecule has 2 aromatic carbocycles. The first-order valence-corrected chi connectivity index (χ1v) is 12.8. The lowest BCUT2D eigenvalue weighted by Gasteiger charge is -2.18. The second-order valence-corrected chi connectivity index (χ2v) is 9.24. The molecule has 0 radical (unpaired) electrons. The van der Waals surface area contributed by atoms with Gasteiger partial charge in [0, 0.05) is 39.6 Å². The van der Waals surface area contributed by atoms with Gasteiger partial charge in [0.15, 0.2) is 0 Å². The molecule has 3 N–H and O–H groups in total. The molecule has 1 saturated heterocycles. The minimum atomic E-state index is -0.171. The van der Waals surface area contributed by atoms with Gasteiger partial charge in [0.2, 0.25) is 5.91 Å². The fraction of sp³-hybridized carbons (Fsp3) is 0.536. The Balaban J connectivity index is 1.50. The largest absolute Gasteiger partial charge is 0.493 e. The van der Waals surface area contributed by atoms with Crippen molar-refractivity contribution in [2.24, 2.45) is 0 Å². The van der Waals surface area contributed by atoms with Gasteiger partial charge in [-0.3, -0.25) is 4.79 Å². The molecule has 1 fully saturated rings. The highest BCUT2D eigenvalue weighted by Crippen LogP contribution is 2.35. The van der Waals surface area contributed by atoms with E-state index in [4.69, 9.17) is 9.47 Å². The zero-order valence-corrected chi connectivity index (χ0v) is 21.4. The molecule has 192 valence electrons. The molecule has 7 heteroatoms. The van der Waals surface area contributed by atoms with Crippen LogP contribution in [0.25, 0.3) is 11.1 Å². The number of benzene rings is 2. The first-order valence-electron chi connectivity index (χ1n) is 12.8. The highest BCUT2D eigenvalue weighted by atomic mass is 16.5. The summed E-state index contributed by atoms with van der Waals surface area (Å²) < 4.78 is 12.2. The summed E-state index contributed by atoms with van der Waals surface area (Å²) >= 11 is 0. The van der Waals surface area contributed by atoms with E-state index in [1.54, 1.807) is 0 Å². The van der Waals surface area contributed by atoms with Gasteiger partial charge in [-0.15, -0.1) is 0 Å². The van der Waals surface area contributed by atoms with E-state index in [1.165, 1.54) is 6.92 Å². The number of hydrogen-bond acceptors (Lipinski definition) is 6. The quantitative estimate of drug-likeness (QED) is 0.358. The summed E-state index contributed by atoms with van der Waals surface area (Å²) in [5.74, 6) is 1.82. The number of likely N-dealkylation sites (tertiary alicyclic amines) is 1. The zero-order chi connectivity index (χ0) is 25.0. The molecule has 3 rings (SSSR count). The van der Waals surface area contributed by atoms with Crippen LogP contribution in [-0.4, -0.2) is 74.5 Å². The van der Waals surface area contributed by atoms with Crippen LogP contribution < -0.4 is 20.1 Å². The SMILES string of the molecule is CC(=O)NCCNCCCOc1cccc(-c2cccc(OCCCN3CC[C@@H](O)C3)c2C)c1C. The average molecular weight is 484 g/mol. The highest BCUT2D eigenvalue weighted by Gasteiger charge is 2.19. The third-order valence-electron chi connectivity index (χ3n) is 6.41. The van der Waals surface area contributed by atoms with Gasteiger partial charge < -0.3 is 30.1 Å². The highest BCUT2D eigenvalue weighted by molar-refractivity contribution is 5.74. The van der Waals surface area contributed by atoms with Crippen LogP contribution in [0.3, 0.4) is 0 Å². The third kappa shape index (κ3) is 8.53. The van der Waals surface area contributed by atoms with Gasteiger partial charge in [-0.25, -0.2) is 0 Å². The zero-order valence-electron chi connectivity index (χ0n) is 21.4. The summed E-state index contributed by atoms with van der Waals surface area (Å²) in [5.41, 5.74) is 4.57. The van der Waals surface area contributed by atoms with Gasteiger partial charge in [-0.1, -0.05) is 24.3 Å². The molecular formula is C28H41N3O4. The number of carbonyl (C=O) groups is 1. The summed E-state index contributed by atoms with van der Waals surface area (Å²) in [7, 11) is 0. The molecule has 0 aromatic heterocycles. The van der Waals surface area contributed by atoms with Crippen LogP contribution in [0.2, 0.25) is 0 Å². The minimum absolute atomic E-state index is 0.00290. The Morgan fingerprint density at radius 2 is 1.60 bits per heavy atom. The minimum Gasteiger partial charge on any atom is -0.493 e. The number of rotatable bonds is 14. The molecule has 1 amide bonds. The van der Waals surface area contributed by atoms with E-state index in [2.05, 4.69) is 41.5 Å². The second-order valence-electron chi connectivity index (χ2n) is 9.24. The molecule has 1 heterocycles. The van der Waals surface area contributed by atoms with Crippen molar-refractivity contribution in [2.45, 2.75) is 46.1 Å². The molecule has 7 nitrogen and oxygen atoms in total. The Bertz CT molecular complexity index is 950. The van der Waals surface area contributed by atoms with E-state index >= 15 is 0 Å². The van der Waals surface area contributed by atoms with Crippen molar-refractivity contribution in [3.8, 4) is 22.6 Å². The first-order chi connectivity index (χ1) is 17.0. The van der Waals surface area contributed by atoms with Crippen LogP contribution in [0, 0.1) is 13.8 Å². The fourth-order valence-electron chi connectivity index (χ4n) is 4.44. The van der Waals surface area contributed by atoms with Gasteiger partial charge in [0.1, 0.15) is 11.5 Å². The fourth-order valence-corrected chi connectivity index (χ4v) is 4.44. The predicted molar refractivity (Wildman–Crippen MR) is 140 cm³/mol. The van der Waals surface area contributed by atoms with E-state index in [-0.39, 0.29) is 12.0 Å². The Hall–Kier alpha value is -2.61. The summed E-state index contributed by atoms with van der Waals surface area (Å²) in [6.07, 6.45) is 2.54. The van der Waals surface area contributed by atoms with Gasteiger partial charge in [0.05, 0.1) is 19.3 Å². The van der Waals surface area contributed by atoms with Crippen LogP contribution >= 0.6 is 0 Å². The summed E-state index contributed by atoms with van der Waals surface area (Å²) in [6.45, 7) is 12.0. The number of hydrogen-bond donors (Lipinski definition) is 3. The van der Waals surface area contributed by atoms with Gasteiger partial charge in [-0.2, -0.15) is 0 Å². The topological polar surface area (TPSA) is 83.1 Å². The van der Waals surface area contributed by atoms with Crippen LogP contribution in [-0.2, 0) is 4.79 Å². The maximum atomic E-state index is 10.9.